The number of anilines is 1. The first-order valence-electron chi connectivity index (χ1n) is 9.29. The van der Waals surface area contributed by atoms with E-state index in [9.17, 15) is 9.59 Å². The van der Waals surface area contributed by atoms with Gasteiger partial charge in [0, 0.05) is 30.8 Å². The summed E-state index contributed by atoms with van der Waals surface area (Å²) in [6.07, 6.45) is 4.76. The van der Waals surface area contributed by atoms with Crippen molar-refractivity contribution < 1.29 is 9.59 Å². The van der Waals surface area contributed by atoms with Gasteiger partial charge >= 0.3 is 6.03 Å². The van der Waals surface area contributed by atoms with E-state index in [4.69, 9.17) is 0 Å². The monoisotopic (exact) mass is 418 g/mol. The van der Waals surface area contributed by atoms with Crippen molar-refractivity contribution >= 4 is 38.5 Å². The molecule has 0 fully saturated rings. The maximum Gasteiger partial charge on any atom is 0.321 e. The molecule has 0 aliphatic rings. The second-order valence-electron chi connectivity index (χ2n) is 6.43. The minimum absolute atomic E-state index is 0.140. The van der Waals surface area contributed by atoms with Crippen molar-refractivity contribution in [3.05, 3.63) is 54.6 Å². The van der Waals surface area contributed by atoms with Crippen LogP contribution in [0.4, 0.5) is 9.93 Å². The molecule has 9 heteroatoms. The molecule has 150 valence electrons. The Morgan fingerprint density at radius 1 is 1.07 bits per heavy atom. The van der Waals surface area contributed by atoms with Crippen molar-refractivity contribution in [1.82, 2.24) is 25.3 Å². The van der Waals surface area contributed by atoms with Crippen molar-refractivity contribution in [2.24, 2.45) is 0 Å². The summed E-state index contributed by atoms with van der Waals surface area (Å²) < 4.78 is 0.901. The second-order valence-corrected chi connectivity index (χ2v) is 7.43. The summed E-state index contributed by atoms with van der Waals surface area (Å²) >= 11 is 1.38. The number of fused-ring (bicyclic) bond motifs is 1. The molecule has 2 amide bonds. The Morgan fingerprint density at radius 3 is 2.60 bits per heavy atom. The number of Topliss-reactive ketones (excluding diaryl/α,β-unsaturated/α-hetero) is 1. The van der Waals surface area contributed by atoms with E-state index in [-0.39, 0.29) is 11.8 Å². The van der Waals surface area contributed by atoms with Gasteiger partial charge in [-0.1, -0.05) is 17.4 Å². The number of urea groups is 1. The van der Waals surface area contributed by atoms with Crippen molar-refractivity contribution in [3.63, 3.8) is 0 Å². The lowest BCUT2D eigenvalue weighted by atomic mass is 10.0. The number of hydrogen-bond acceptors (Lipinski definition) is 7. The van der Waals surface area contributed by atoms with E-state index in [1.807, 2.05) is 37.3 Å². The minimum atomic E-state index is -0.304. The molecule has 4 rings (SSSR count). The van der Waals surface area contributed by atoms with Gasteiger partial charge in [0.15, 0.2) is 10.9 Å². The largest absolute Gasteiger partial charge is 0.338 e. The second kappa shape index (κ2) is 8.34. The highest BCUT2D eigenvalue weighted by molar-refractivity contribution is 7.22. The van der Waals surface area contributed by atoms with Crippen LogP contribution in [0.2, 0.25) is 0 Å². The molecule has 2 N–H and O–H groups in total. The molecule has 0 aliphatic heterocycles. The van der Waals surface area contributed by atoms with E-state index in [0.717, 1.165) is 21.5 Å². The lowest BCUT2D eigenvalue weighted by Gasteiger charge is -2.06. The molecule has 1 aromatic carbocycles. The number of nitrogens with one attached hydrogen (secondary N) is 2. The quantitative estimate of drug-likeness (QED) is 0.471. The van der Waals surface area contributed by atoms with Gasteiger partial charge in [-0.2, -0.15) is 0 Å². The van der Waals surface area contributed by atoms with Gasteiger partial charge in [-0.05, 0) is 31.2 Å². The Bertz CT molecular complexity index is 1220. The molecule has 0 radical (unpaired) electrons. The van der Waals surface area contributed by atoms with E-state index >= 15 is 0 Å². The zero-order chi connectivity index (χ0) is 21.1. The van der Waals surface area contributed by atoms with Gasteiger partial charge in [0.25, 0.3) is 0 Å². The smallest absolute Gasteiger partial charge is 0.321 e. The number of thiazole rings is 1. The Kier molecular flexibility index (Phi) is 5.44. The summed E-state index contributed by atoms with van der Waals surface area (Å²) in [6.45, 7) is 3.82. The number of pyridine rings is 1. The first kappa shape index (κ1) is 19.6. The summed E-state index contributed by atoms with van der Waals surface area (Å²) in [6, 6.07) is 9.23. The fraction of sp³-hybridized carbons (Fsp3) is 0.143. The molecular formula is C21H18N6O2S. The van der Waals surface area contributed by atoms with Gasteiger partial charge in [-0.25, -0.2) is 14.8 Å². The minimum Gasteiger partial charge on any atom is -0.338 e. The summed E-state index contributed by atoms with van der Waals surface area (Å²) in [7, 11) is 0. The van der Waals surface area contributed by atoms with E-state index in [0.29, 0.717) is 28.6 Å². The van der Waals surface area contributed by atoms with Crippen molar-refractivity contribution in [2.45, 2.75) is 13.8 Å². The van der Waals surface area contributed by atoms with Crippen LogP contribution in [0.5, 0.6) is 0 Å². The Hall–Kier alpha value is -3.72. The Balaban J connectivity index is 1.83. The van der Waals surface area contributed by atoms with Crippen LogP contribution in [0.1, 0.15) is 24.3 Å². The predicted molar refractivity (Wildman–Crippen MR) is 117 cm³/mol. The lowest BCUT2D eigenvalue weighted by molar-refractivity contribution is 0.101. The number of rotatable bonds is 5. The number of aromatic nitrogens is 4. The highest BCUT2D eigenvalue weighted by Crippen LogP contribution is 2.37. The van der Waals surface area contributed by atoms with Crippen LogP contribution in [-0.2, 0) is 0 Å². The first-order chi connectivity index (χ1) is 14.5. The molecule has 0 spiro atoms. The average molecular weight is 418 g/mol. The topological polar surface area (TPSA) is 110 Å². The van der Waals surface area contributed by atoms with Gasteiger partial charge in [0.2, 0.25) is 0 Å². The molecule has 0 saturated carbocycles. The van der Waals surface area contributed by atoms with Crippen molar-refractivity contribution in [1.29, 1.82) is 0 Å². The van der Waals surface area contributed by atoms with Crippen LogP contribution in [0.25, 0.3) is 32.7 Å². The van der Waals surface area contributed by atoms with E-state index in [1.54, 1.807) is 12.4 Å². The fourth-order valence-electron chi connectivity index (χ4n) is 2.91. The summed E-state index contributed by atoms with van der Waals surface area (Å²) in [5.41, 5.74) is 4.09. The van der Waals surface area contributed by atoms with Crippen molar-refractivity contribution in [2.75, 3.05) is 11.9 Å². The molecule has 0 atom stereocenters. The normalized spacial score (nSPS) is 10.7. The summed E-state index contributed by atoms with van der Waals surface area (Å²) in [5.74, 6) is -0.140. The Labute approximate surface area is 176 Å². The molecule has 3 aromatic heterocycles. The molecule has 0 bridgehead atoms. The number of benzene rings is 1. The van der Waals surface area contributed by atoms with Crippen molar-refractivity contribution in [3.8, 4) is 22.5 Å². The maximum atomic E-state index is 11.9. The number of carbonyl (C=O) groups is 2. The number of ketones is 1. The molecule has 8 nitrogen and oxygen atoms in total. The molecule has 3 heterocycles. The van der Waals surface area contributed by atoms with Gasteiger partial charge < -0.3 is 5.32 Å². The van der Waals surface area contributed by atoms with Crippen LogP contribution in [-0.4, -0.2) is 38.3 Å². The zero-order valence-electron chi connectivity index (χ0n) is 16.3. The fourth-order valence-corrected chi connectivity index (χ4v) is 3.87. The predicted octanol–water partition coefficient (Wildman–Crippen LogP) is 4.16. The number of hydrogen-bond donors (Lipinski definition) is 2. The molecule has 4 aromatic rings. The maximum absolute atomic E-state index is 11.9. The Morgan fingerprint density at radius 2 is 1.93 bits per heavy atom. The van der Waals surface area contributed by atoms with E-state index in [2.05, 4.69) is 30.6 Å². The van der Waals surface area contributed by atoms with Crippen LogP contribution in [0.3, 0.4) is 0 Å². The highest BCUT2D eigenvalue weighted by Gasteiger charge is 2.16. The number of amides is 2. The van der Waals surface area contributed by atoms with E-state index < -0.39 is 0 Å². The number of nitrogens with zero attached hydrogens (tertiary/aromatic N) is 4. The molecule has 30 heavy (non-hydrogen) atoms. The third-order valence-corrected chi connectivity index (χ3v) is 5.32. The van der Waals surface area contributed by atoms with Gasteiger partial charge in [0.1, 0.15) is 5.69 Å². The molecular weight excluding hydrogens is 400 g/mol. The number of carbonyl (C=O) groups excluding carboxylic acids is 2. The standard InChI is InChI=1S/C21H18N6O2S/c1-3-22-20(29)27-21-26-16-9-13(18-11-24-17(10-25-18)12(2)28)8-14(19(16)30-21)15-6-4-5-7-23-15/h4-11H,3H2,1-2H3,(H2,22,26,27,29). The summed E-state index contributed by atoms with van der Waals surface area (Å²) in [5, 5.41) is 5.95. The van der Waals surface area contributed by atoms with Gasteiger partial charge in [-0.15, -0.1) is 0 Å². The first-order valence-corrected chi connectivity index (χ1v) is 10.1. The van der Waals surface area contributed by atoms with Gasteiger partial charge in [-0.3, -0.25) is 20.1 Å². The van der Waals surface area contributed by atoms with Crippen LogP contribution >= 0.6 is 11.3 Å². The third-order valence-electron chi connectivity index (χ3n) is 4.30. The van der Waals surface area contributed by atoms with Crippen LogP contribution < -0.4 is 10.6 Å². The molecule has 0 aliphatic carbocycles. The average Bonchev–Trinajstić information content (AvgIpc) is 3.16. The zero-order valence-corrected chi connectivity index (χ0v) is 17.2. The third kappa shape index (κ3) is 4.01. The SMILES string of the molecule is CCNC(=O)Nc1nc2cc(-c3cnc(C(C)=O)cn3)cc(-c3ccccn3)c2s1. The van der Waals surface area contributed by atoms with Crippen LogP contribution in [0.15, 0.2) is 48.9 Å². The van der Waals surface area contributed by atoms with Crippen LogP contribution in [0, 0.1) is 0 Å². The van der Waals surface area contributed by atoms with Gasteiger partial charge in [0.05, 0.1) is 34.0 Å². The molecule has 0 unspecified atom stereocenters. The lowest BCUT2D eigenvalue weighted by Crippen LogP contribution is -2.28. The molecule has 0 saturated heterocycles. The summed E-state index contributed by atoms with van der Waals surface area (Å²) in [4.78, 5) is 41.0. The highest BCUT2D eigenvalue weighted by atomic mass is 32.1. The van der Waals surface area contributed by atoms with E-state index in [1.165, 1.54) is 24.5 Å².